The third-order valence-corrected chi connectivity index (χ3v) is 4.18. The monoisotopic (exact) mass is 348 g/mol. The number of nitrogens with one attached hydrogen (secondary N) is 2. The standard InChI is InChI=1S/C18H24N2O5/c1-12(25-17(23)15(21)13-8-4-2-5-9-13)16(22)20-18(24)19-14-10-6-3-7-11-14/h2,4-5,8-9,12,14-15,21H,3,6-7,10-11H2,1H3,(H2,19,20,22,24)/t12-,15+/m1/s1. The maximum atomic E-state index is 12.0. The van der Waals surface area contributed by atoms with Crippen LogP contribution >= 0.6 is 0 Å². The number of aliphatic hydroxyl groups excluding tert-OH is 1. The van der Waals surface area contributed by atoms with E-state index in [1.165, 1.54) is 6.92 Å². The van der Waals surface area contributed by atoms with Crippen molar-refractivity contribution in [3.8, 4) is 0 Å². The van der Waals surface area contributed by atoms with Crippen LogP contribution in [0.5, 0.6) is 0 Å². The number of hydrogen-bond donors (Lipinski definition) is 3. The fourth-order valence-electron chi connectivity index (χ4n) is 2.75. The molecule has 2 atom stereocenters. The quantitative estimate of drug-likeness (QED) is 0.704. The van der Waals surface area contributed by atoms with Gasteiger partial charge in [0.1, 0.15) is 0 Å². The summed E-state index contributed by atoms with van der Waals surface area (Å²) >= 11 is 0. The number of carbonyl (C=O) groups is 3. The van der Waals surface area contributed by atoms with Crippen LogP contribution in [0.3, 0.4) is 0 Å². The van der Waals surface area contributed by atoms with E-state index in [2.05, 4.69) is 10.6 Å². The third kappa shape index (κ3) is 5.86. The van der Waals surface area contributed by atoms with Gasteiger partial charge in [0.05, 0.1) is 0 Å². The Labute approximate surface area is 146 Å². The van der Waals surface area contributed by atoms with E-state index in [9.17, 15) is 19.5 Å². The Hall–Kier alpha value is -2.41. The molecule has 0 aliphatic heterocycles. The first kappa shape index (κ1) is 18.9. The molecule has 136 valence electrons. The van der Waals surface area contributed by atoms with Crippen LogP contribution in [-0.2, 0) is 14.3 Å². The number of benzene rings is 1. The van der Waals surface area contributed by atoms with Crippen molar-refractivity contribution < 1.29 is 24.2 Å². The van der Waals surface area contributed by atoms with Crippen LogP contribution in [0, 0.1) is 0 Å². The van der Waals surface area contributed by atoms with Crippen LogP contribution in [0.1, 0.15) is 50.7 Å². The maximum absolute atomic E-state index is 12.0. The minimum absolute atomic E-state index is 0.0688. The van der Waals surface area contributed by atoms with Crippen molar-refractivity contribution in [2.45, 2.75) is 57.3 Å². The van der Waals surface area contributed by atoms with Crippen LogP contribution in [0.2, 0.25) is 0 Å². The Morgan fingerprint density at radius 1 is 1.12 bits per heavy atom. The van der Waals surface area contributed by atoms with Crippen LogP contribution in [0.15, 0.2) is 30.3 Å². The molecule has 0 bridgehead atoms. The largest absolute Gasteiger partial charge is 0.450 e. The van der Waals surface area contributed by atoms with Crippen molar-refractivity contribution in [2.75, 3.05) is 0 Å². The minimum Gasteiger partial charge on any atom is -0.450 e. The molecule has 1 aliphatic rings. The number of urea groups is 1. The second-order valence-electron chi connectivity index (χ2n) is 6.19. The molecular formula is C18H24N2O5. The fourth-order valence-corrected chi connectivity index (χ4v) is 2.75. The molecule has 1 aromatic rings. The Morgan fingerprint density at radius 3 is 2.40 bits per heavy atom. The molecule has 0 radical (unpaired) electrons. The van der Waals surface area contributed by atoms with Crippen molar-refractivity contribution in [3.63, 3.8) is 0 Å². The van der Waals surface area contributed by atoms with E-state index in [1.807, 2.05) is 0 Å². The summed E-state index contributed by atoms with van der Waals surface area (Å²) in [5.41, 5.74) is 0.371. The molecule has 0 spiro atoms. The van der Waals surface area contributed by atoms with Crippen molar-refractivity contribution in [2.24, 2.45) is 0 Å². The number of amides is 3. The van der Waals surface area contributed by atoms with Crippen LogP contribution in [0.4, 0.5) is 4.79 Å². The molecular weight excluding hydrogens is 324 g/mol. The predicted molar refractivity (Wildman–Crippen MR) is 90.5 cm³/mol. The molecule has 0 saturated heterocycles. The molecule has 1 saturated carbocycles. The van der Waals surface area contributed by atoms with Crippen molar-refractivity contribution >= 4 is 17.9 Å². The lowest BCUT2D eigenvalue weighted by Crippen LogP contribution is -2.48. The molecule has 25 heavy (non-hydrogen) atoms. The van der Waals surface area contributed by atoms with Gasteiger partial charge in [0, 0.05) is 6.04 Å². The Bertz CT molecular complexity index is 599. The van der Waals surface area contributed by atoms with E-state index < -0.39 is 30.1 Å². The molecule has 3 amide bonds. The van der Waals surface area contributed by atoms with E-state index >= 15 is 0 Å². The van der Waals surface area contributed by atoms with Gasteiger partial charge in [0.2, 0.25) is 0 Å². The Balaban J connectivity index is 1.78. The summed E-state index contributed by atoms with van der Waals surface area (Å²) in [5.74, 6) is -1.68. The van der Waals surface area contributed by atoms with E-state index in [-0.39, 0.29) is 6.04 Å². The van der Waals surface area contributed by atoms with Gasteiger partial charge in [-0.3, -0.25) is 10.1 Å². The number of ether oxygens (including phenoxy) is 1. The Kier molecular flexibility index (Phi) is 6.94. The summed E-state index contributed by atoms with van der Waals surface area (Å²) in [5, 5.41) is 14.8. The highest BCUT2D eigenvalue weighted by Gasteiger charge is 2.26. The van der Waals surface area contributed by atoms with Gasteiger partial charge in [-0.05, 0) is 25.3 Å². The van der Waals surface area contributed by atoms with Gasteiger partial charge >= 0.3 is 12.0 Å². The number of aliphatic hydroxyl groups is 1. The molecule has 1 fully saturated rings. The van der Waals surface area contributed by atoms with E-state index in [0.29, 0.717) is 5.56 Å². The summed E-state index contributed by atoms with van der Waals surface area (Å²) in [6.07, 6.45) is 2.41. The predicted octanol–water partition coefficient (Wildman–Crippen LogP) is 1.81. The third-order valence-electron chi connectivity index (χ3n) is 4.18. The summed E-state index contributed by atoms with van der Waals surface area (Å²) in [4.78, 5) is 35.7. The molecule has 0 unspecified atom stereocenters. The van der Waals surface area contributed by atoms with E-state index in [4.69, 9.17) is 4.74 Å². The van der Waals surface area contributed by atoms with Gasteiger partial charge < -0.3 is 15.2 Å². The van der Waals surface area contributed by atoms with E-state index in [0.717, 1.165) is 32.1 Å². The number of esters is 1. The molecule has 2 rings (SSSR count). The first-order valence-corrected chi connectivity index (χ1v) is 8.52. The lowest BCUT2D eigenvalue weighted by Gasteiger charge is -2.23. The number of hydrogen-bond acceptors (Lipinski definition) is 5. The zero-order chi connectivity index (χ0) is 18.2. The van der Waals surface area contributed by atoms with Gasteiger partial charge in [-0.15, -0.1) is 0 Å². The molecule has 7 nitrogen and oxygen atoms in total. The maximum Gasteiger partial charge on any atom is 0.340 e. The lowest BCUT2D eigenvalue weighted by atomic mass is 9.96. The van der Waals surface area contributed by atoms with Gasteiger partial charge in [0.15, 0.2) is 12.2 Å². The summed E-state index contributed by atoms with van der Waals surface area (Å²) < 4.78 is 4.94. The van der Waals surface area contributed by atoms with Crippen LogP contribution in [-0.4, -0.2) is 35.2 Å². The van der Waals surface area contributed by atoms with Crippen molar-refractivity contribution in [1.82, 2.24) is 10.6 Å². The zero-order valence-corrected chi connectivity index (χ0v) is 14.2. The highest BCUT2D eigenvalue weighted by atomic mass is 16.6. The minimum atomic E-state index is -1.48. The highest BCUT2D eigenvalue weighted by molar-refractivity contribution is 5.97. The molecule has 7 heteroatoms. The van der Waals surface area contributed by atoms with Crippen molar-refractivity contribution in [1.29, 1.82) is 0 Å². The normalized spacial score (nSPS) is 17.2. The SMILES string of the molecule is C[C@@H](OC(=O)[C@@H](O)c1ccccc1)C(=O)NC(=O)NC1CCCCC1. The second kappa shape index (κ2) is 9.17. The van der Waals surface area contributed by atoms with Crippen LogP contribution < -0.4 is 10.6 Å². The molecule has 0 aromatic heterocycles. The second-order valence-corrected chi connectivity index (χ2v) is 6.19. The summed E-state index contributed by atoms with van der Waals surface area (Å²) in [6.45, 7) is 1.35. The molecule has 0 heterocycles. The number of imide groups is 1. The van der Waals surface area contributed by atoms with Crippen LogP contribution in [0.25, 0.3) is 0 Å². The average molecular weight is 348 g/mol. The number of carbonyl (C=O) groups excluding carboxylic acids is 3. The lowest BCUT2D eigenvalue weighted by molar-refractivity contribution is -0.163. The summed E-state index contributed by atoms with van der Waals surface area (Å²) in [7, 11) is 0. The molecule has 3 N–H and O–H groups in total. The smallest absolute Gasteiger partial charge is 0.340 e. The van der Waals surface area contributed by atoms with Gasteiger partial charge in [-0.2, -0.15) is 0 Å². The fraction of sp³-hybridized carbons (Fsp3) is 0.500. The topological polar surface area (TPSA) is 105 Å². The first-order valence-electron chi connectivity index (χ1n) is 8.52. The summed E-state index contributed by atoms with van der Waals surface area (Å²) in [6, 6.07) is 7.74. The van der Waals surface area contributed by atoms with E-state index in [1.54, 1.807) is 30.3 Å². The van der Waals surface area contributed by atoms with Gasteiger partial charge in [0.25, 0.3) is 5.91 Å². The van der Waals surface area contributed by atoms with Crippen molar-refractivity contribution in [3.05, 3.63) is 35.9 Å². The number of rotatable bonds is 5. The van der Waals surface area contributed by atoms with Gasteiger partial charge in [-0.1, -0.05) is 49.6 Å². The first-order chi connectivity index (χ1) is 12.0. The molecule has 1 aliphatic carbocycles. The zero-order valence-electron chi connectivity index (χ0n) is 14.2. The van der Waals surface area contributed by atoms with Gasteiger partial charge in [-0.25, -0.2) is 9.59 Å². The average Bonchev–Trinajstić information content (AvgIpc) is 2.62. The highest BCUT2D eigenvalue weighted by Crippen LogP contribution is 2.17. The Morgan fingerprint density at radius 2 is 1.76 bits per heavy atom. The molecule has 1 aromatic carbocycles.